The van der Waals surface area contributed by atoms with Gasteiger partial charge in [-0.05, 0) is 42.5 Å². The normalized spacial score (nSPS) is 17.1. The molecule has 1 aliphatic heterocycles. The van der Waals surface area contributed by atoms with Crippen LogP contribution in [-0.4, -0.2) is 22.8 Å². The molecule has 0 saturated heterocycles. The maximum Gasteiger partial charge on any atom is 0.255 e. The SMILES string of the molecule is CCc1ccc(CN2C(=O)c3ccccc3[C@@H]2C(=O)N[C@H](C)CC)cc1. The highest BCUT2D eigenvalue weighted by molar-refractivity contribution is 6.04. The van der Waals surface area contributed by atoms with Gasteiger partial charge in [0.05, 0.1) is 0 Å². The Morgan fingerprint density at radius 2 is 1.73 bits per heavy atom. The molecule has 0 fully saturated rings. The number of hydrogen-bond donors (Lipinski definition) is 1. The third-order valence-electron chi connectivity index (χ3n) is 5.09. The molecule has 26 heavy (non-hydrogen) atoms. The third-order valence-corrected chi connectivity index (χ3v) is 5.09. The van der Waals surface area contributed by atoms with Crippen LogP contribution in [0, 0.1) is 0 Å². The Bertz CT molecular complexity index is 798. The number of amides is 2. The molecular formula is C22H26N2O2. The van der Waals surface area contributed by atoms with E-state index in [0.29, 0.717) is 12.1 Å². The number of rotatable bonds is 6. The number of hydrogen-bond acceptors (Lipinski definition) is 2. The summed E-state index contributed by atoms with van der Waals surface area (Å²) in [6.07, 6.45) is 1.83. The van der Waals surface area contributed by atoms with E-state index in [1.165, 1.54) is 5.56 Å². The van der Waals surface area contributed by atoms with Crippen molar-refractivity contribution < 1.29 is 9.59 Å². The fourth-order valence-electron chi connectivity index (χ4n) is 3.32. The van der Waals surface area contributed by atoms with Gasteiger partial charge in [-0.25, -0.2) is 0 Å². The molecule has 2 aromatic carbocycles. The molecule has 2 atom stereocenters. The smallest absolute Gasteiger partial charge is 0.255 e. The molecule has 0 spiro atoms. The van der Waals surface area contributed by atoms with Gasteiger partial charge in [-0.3, -0.25) is 9.59 Å². The highest BCUT2D eigenvalue weighted by Crippen LogP contribution is 2.35. The van der Waals surface area contributed by atoms with Crippen molar-refractivity contribution in [2.45, 2.75) is 52.2 Å². The van der Waals surface area contributed by atoms with Gasteiger partial charge in [0.15, 0.2) is 0 Å². The van der Waals surface area contributed by atoms with Crippen molar-refractivity contribution in [3.63, 3.8) is 0 Å². The highest BCUT2D eigenvalue weighted by atomic mass is 16.2. The van der Waals surface area contributed by atoms with Crippen molar-refractivity contribution in [1.29, 1.82) is 0 Å². The maximum atomic E-state index is 12.9. The van der Waals surface area contributed by atoms with Gasteiger partial charge >= 0.3 is 0 Å². The molecule has 4 heteroatoms. The summed E-state index contributed by atoms with van der Waals surface area (Å²) in [5, 5.41) is 3.03. The lowest BCUT2D eigenvalue weighted by Gasteiger charge is -2.26. The van der Waals surface area contributed by atoms with Crippen LogP contribution in [-0.2, 0) is 17.8 Å². The predicted molar refractivity (Wildman–Crippen MR) is 103 cm³/mol. The molecule has 136 valence electrons. The molecule has 0 aliphatic carbocycles. The van der Waals surface area contributed by atoms with Crippen LogP contribution in [0.1, 0.15) is 60.3 Å². The number of aryl methyl sites for hydroxylation is 1. The van der Waals surface area contributed by atoms with Crippen molar-refractivity contribution in [3.8, 4) is 0 Å². The summed E-state index contributed by atoms with van der Waals surface area (Å²) in [5.74, 6) is -0.188. The highest BCUT2D eigenvalue weighted by Gasteiger charge is 2.40. The molecule has 1 aliphatic rings. The van der Waals surface area contributed by atoms with E-state index in [-0.39, 0.29) is 17.9 Å². The molecule has 1 N–H and O–H groups in total. The first-order valence-electron chi connectivity index (χ1n) is 9.33. The zero-order chi connectivity index (χ0) is 18.7. The number of nitrogens with zero attached hydrogens (tertiary/aromatic N) is 1. The molecule has 3 rings (SSSR count). The third kappa shape index (κ3) is 3.50. The first kappa shape index (κ1) is 18.2. The van der Waals surface area contributed by atoms with Crippen molar-refractivity contribution in [3.05, 3.63) is 70.8 Å². The van der Waals surface area contributed by atoms with E-state index in [2.05, 4.69) is 24.4 Å². The van der Waals surface area contributed by atoms with Crippen LogP contribution in [0.25, 0.3) is 0 Å². The average molecular weight is 350 g/mol. The van der Waals surface area contributed by atoms with Gasteiger partial charge in [-0.1, -0.05) is 56.3 Å². The van der Waals surface area contributed by atoms with Gasteiger partial charge in [0.25, 0.3) is 5.91 Å². The summed E-state index contributed by atoms with van der Waals surface area (Å²) >= 11 is 0. The van der Waals surface area contributed by atoms with Crippen molar-refractivity contribution in [2.24, 2.45) is 0 Å². The Morgan fingerprint density at radius 3 is 2.38 bits per heavy atom. The molecule has 1 heterocycles. The van der Waals surface area contributed by atoms with Gasteiger partial charge in [-0.15, -0.1) is 0 Å². The lowest BCUT2D eigenvalue weighted by Crippen LogP contribution is -2.42. The Kier molecular flexibility index (Phi) is 5.40. The monoisotopic (exact) mass is 350 g/mol. The van der Waals surface area contributed by atoms with Crippen LogP contribution in [0.15, 0.2) is 48.5 Å². The zero-order valence-corrected chi connectivity index (χ0v) is 15.7. The van der Waals surface area contributed by atoms with E-state index in [1.54, 1.807) is 11.0 Å². The molecule has 0 saturated carbocycles. The van der Waals surface area contributed by atoms with Gasteiger partial charge < -0.3 is 10.2 Å². The minimum atomic E-state index is -0.571. The van der Waals surface area contributed by atoms with E-state index in [4.69, 9.17) is 0 Å². The molecular weight excluding hydrogens is 324 g/mol. The lowest BCUT2D eigenvalue weighted by molar-refractivity contribution is -0.126. The predicted octanol–water partition coefficient (Wildman–Crippen LogP) is 3.86. The molecule has 2 amide bonds. The second-order valence-corrected chi connectivity index (χ2v) is 6.91. The van der Waals surface area contributed by atoms with Crippen LogP contribution in [0.4, 0.5) is 0 Å². The fraction of sp³-hybridized carbons (Fsp3) is 0.364. The van der Waals surface area contributed by atoms with Crippen LogP contribution < -0.4 is 5.32 Å². The largest absolute Gasteiger partial charge is 0.352 e. The number of carbonyl (C=O) groups excluding carboxylic acids is 2. The van der Waals surface area contributed by atoms with E-state index in [9.17, 15) is 9.59 Å². The van der Waals surface area contributed by atoms with Gasteiger partial charge in [0, 0.05) is 18.2 Å². The summed E-state index contributed by atoms with van der Waals surface area (Å²) in [5.41, 5.74) is 3.71. The van der Waals surface area contributed by atoms with Gasteiger partial charge in [0.2, 0.25) is 5.91 Å². The molecule has 4 nitrogen and oxygen atoms in total. The molecule has 2 aromatic rings. The van der Waals surface area contributed by atoms with E-state index >= 15 is 0 Å². The summed E-state index contributed by atoms with van der Waals surface area (Å²) in [6, 6.07) is 15.2. The fourth-order valence-corrected chi connectivity index (χ4v) is 3.32. The molecule has 0 bridgehead atoms. The Morgan fingerprint density at radius 1 is 1.08 bits per heavy atom. The quantitative estimate of drug-likeness (QED) is 0.860. The summed E-state index contributed by atoms with van der Waals surface area (Å²) < 4.78 is 0. The summed E-state index contributed by atoms with van der Waals surface area (Å²) in [7, 11) is 0. The maximum absolute atomic E-state index is 12.9. The van der Waals surface area contributed by atoms with E-state index < -0.39 is 6.04 Å². The summed E-state index contributed by atoms with van der Waals surface area (Å²) in [4.78, 5) is 27.5. The second-order valence-electron chi connectivity index (χ2n) is 6.91. The number of nitrogens with one attached hydrogen (secondary N) is 1. The first-order chi connectivity index (χ1) is 12.5. The topological polar surface area (TPSA) is 49.4 Å². The number of carbonyl (C=O) groups is 2. The summed E-state index contributed by atoms with van der Waals surface area (Å²) in [6.45, 7) is 6.56. The van der Waals surface area contributed by atoms with Crippen molar-refractivity contribution in [1.82, 2.24) is 10.2 Å². The van der Waals surface area contributed by atoms with Crippen molar-refractivity contribution in [2.75, 3.05) is 0 Å². The van der Waals surface area contributed by atoms with Crippen LogP contribution in [0.5, 0.6) is 0 Å². The van der Waals surface area contributed by atoms with Crippen LogP contribution >= 0.6 is 0 Å². The number of benzene rings is 2. The second kappa shape index (κ2) is 7.73. The average Bonchev–Trinajstić information content (AvgIpc) is 2.94. The van der Waals surface area contributed by atoms with Crippen molar-refractivity contribution >= 4 is 11.8 Å². The van der Waals surface area contributed by atoms with Crippen LogP contribution in [0.3, 0.4) is 0 Å². The molecule has 0 aromatic heterocycles. The van der Waals surface area contributed by atoms with Gasteiger partial charge in [0.1, 0.15) is 6.04 Å². The number of fused-ring (bicyclic) bond motifs is 1. The molecule has 0 unspecified atom stereocenters. The Labute approximate surface area is 155 Å². The van der Waals surface area contributed by atoms with Gasteiger partial charge in [-0.2, -0.15) is 0 Å². The first-order valence-corrected chi connectivity index (χ1v) is 9.33. The Hall–Kier alpha value is -2.62. The van der Waals surface area contributed by atoms with Crippen LogP contribution in [0.2, 0.25) is 0 Å². The van der Waals surface area contributed by atoms with E-state index in [1.807, 2.05) is 44.2 Å². The molecule has 0 radical (unpaired) electrons. The zero-order valence-electron chi connectivity index (χ0n) is 15.7. The lowest BCUT2D eigenvalue weighted by atomic mass is 10.0. The standard InChI is InChI=1S/C22H26N2O2/c1-4-15(3)23-21(25)20-18-8-6-7-9-19(18)22(26)24(20)14-17-12-10-16(5-2)11-13-17/h6-13,15,20H,4-5,14H2,1-3H3,(H,23,25)/t15-,20-/m1/s1. The van der Waals surface area contributed by atoms with E-state index in [0.717, 1.165) is 24.0 Å². The minimum Gasteiger partial charge on any atom is -0.352 e. The minimum absolute atomic E-state index is 0.0792. The Balaban J connectivity index is 1.90.